The quantitative estimate of drug-likeness (QED) is 0.486. The molecule has 0 unspecified atom stereocenters. The van der Waals surface area contributed by atoms with E-state index in [0.717, 1.165) is 0 Å². The van der Waals surface area contributed by atoms with Crippen LogP contribution in [0, 0.1) is 4.91 Å². The fourth-order valence-electron chi connectivity index (χ4n) is 0.918. The van der Waals surface area contributed by atoms with Gasteiger partial charge in [0.2, 0.25) is 7.05 Å². The zero-order chi connectivity index (χ0) is 10.6. The molecule has 0 heterocycles. The number of hydrazine groups is 2. The molecule has 1 rings (SSSR count). The topological polar surface area (TPSA) is 81.4 Å². The summed E-state index contributed by atoms with van der Waals surface area (Å²) < 4.78 is 0. The van der Waals surface area contributed by atoms with Gasteiger partial charge >= 0.3 is 5.97 Å². The van der Waals surface area contributed by atoms with Crippen LogP contribution in [0.2, 0.25) is 0 Å². The molecule has 1 aromatic carbocycles. The minimum Gasteiger partial charge on any atom is -0.478 e. The van der Waals surface area contributed by atoms with Crippen molar-refractivity contribution < 1.29 is 14.8 Å². The molecule has 0 aliphatic heterocycles. The van der Waals surface area contributed by atoms with Crippen LogP contribution in [0.4, 0.5) is 5.69 Å². The van der Waals surface area contributed by atoms with Gasteiger partial charge in [-0.25, -0.2) is 10.2 Å². The molecule has 6 nitrogen and oxygen atoms in total. The van der Waals surface area contributed by atoms with Gasteiger partial charge in [0.15, 0.2) is 0 Å². The Balaban J connectivity index is 2.84. The number of carbonyl (C=O) groups is 1. The standard InChI is InChI=1S/C8H9N3O3/c1-11(14)10-9-7-5-3-2-4-6(7)8(12)13/h2-5,9H,1H3,(H-,10,12,13,14)/p+1. The Kier molecular flexibility index (Phi) is 3.01. The summed E-state index contributed by atoms with van der Waals surface area (Å²) >= 11 is 0. The average Bonchev–Trinajstić information content (AvgIpc) is 2.15. The van der Waals surface area contributed by atoms with Gasteiger partial charge in [0.25, 0.3) is 0 Å². The molecule has 0 aliphatic rings. The van der Waals surface area contributed by atoms with E-state index in [1.54, 1.807) is 18.2 Å². The molecule has 0 amide bonds. The second-order valence-corrected chi connectivity index (χ2v) is 2.59. The first-order valence-corrected chi connectivity index (χ1v) is 3.86. The molecule has 0 saturated carbocycles. The van der Waals surface area contributed by atoms with Crippen molar-refractivity contribution in [3.63, 3.8) is 0 Å². The highest BCUT2D eigenvalue weighted by Gasteiger charge is 2.09. The van der Waals surface area contributed by atoms with Crippen molar-refractivity contribution >= 4 is 11.7 Å². The SMILES string of the molecule is C[N+](=O)NNc1ccccc1C(=O)O. The molecule has 0 atom stereocenters. The molecule has 0 aromatic heterocycles. The number of benzene rings is 1. The van der Waals surface area contributed by atoms with Crippen LogP contribution in [-0.2, 0) is 0 Å². The summed E-state index contributed by atoms with van der Waals surface area (Å²) in [5.41, 5.74) is 5.13. The van der Waals surface area contributed by atoms with Crippen LogP contribution in [0.5, 0.6) is 0 Å². The highest BCUT2D eigenvalue weighted by Crippen LogP contribution is 2.13. The summed E-state index contributed by atoms with van der Waals surface area (Å²) in [6, 6.07) is 6.27. The van der Waals surface area contributed by atoms with Crippen LogP contribution in [-0.4, -0.2) is 23.0 Å². The number of carboxylic acid groups (broad SMARTS) is 1. The van der Waals surface area contributed by atoms with E-state index >= 15 is 0 Å². The van der Waals surface area contributed by atoms with E-state index in [4.69, 9.17) is 5.11 Å². The molecular weight excluding hydrogens is 186 g/mol. The van der Waals surface area contributed by atoms with E-state index < -0.39 is 5.97 Å². The molecule has 0 fully saturated rings. The summed E-state index contributed by atoms with van der Waals surface area (Å²) in [5, 5.41) is 8.77. The van der Waals surface area contributed by atoms with Crippen molar-refractivity contribution in [1.82, 2.24) is 5.53 Å². The first-order chi connectivity index (χ1) is 6.61. The maximum Gasteiger partial charge on any atom is 0.337 e. The van der Waals surface area contributed by atoms with Gasteiger partial charge in [0, 0.05) is 0 Å². The maximum atomic E-state index is 10.7. The van der Waals surface area contributed by atoms with Gasteiger partial charge in [0.1, 0.15) is 4.87 Å². The summed E-state index contributed by atoms with van der Waals surface area (Å²) in [6.07, 6.45) is 0. The zero-order valence-corrected chi connectivity index (χ0v) is 7.52. The number of nitroso groups, excluding NO2 is 1. The minimum absolute atomic E-state index is 0.0989. The normalized spacial score (nSPS) is 9.21. The number of nitrogens with one attached hydrogen (secondary N) is 2. The van der Waals surface area contributed by atoms with Crippen molar-refractivity contribution in [3.05, 3.63) is 34.7 Å². The van der Waals surface area contributed by atoms with Crippen molar-refractivity contribution in [1.29, 1.82) is 0 Å². The van der Waals surface area contributed by atoms with E-state index in [9.17, 15) is 9.70 Å². The number of nitrogens with zero attached hydrogens (tertiary/aromatic N) is 1. The highest BCUT2D eigenvalue weighted by atomic mass is 16.4. The molecule has 0 radical (unpaired) electrons. The summed E-state index contributed by atoms with van der Waals surface area (Å²) in [4.78, 5) is 21.6. The minimum atomic E-state index is -1.05. The zero-order valence-electron chi connectivity index (χ0n) is 7.52. The maximum absolute atomic E-state index is 10.7. The molecule has 0 aliphatic carbocycles. The summed E-state index contributed by atoms with van der Waals surface area (Å²) in [6.45, 7) is 0. The van der Waals surface area contributed by atoms with Gasteiger partial charge in [-0.1, -0.05) is 17.7 Å². The molecule has 6 heteroatoms. The molecule has 0 bridgehead atoms. The van der Waals surface area contributed by atoms with E-state index in [0.29, 0.717) is 10.6 Å². The van der Waals surface area contributed by atoms with E-state index in [2.05, 4.69) is 11.0 Å². The first-order valence-electron chi connectivity index (χ1n) is 3.86. The third kappa shape index (κ3) is 2.44. The van der Waals surface area contributed by atoms with Crippen LogP contribution < -0.4 is 11.0 Å². The number of carboxylic acids is 1. The van der Waals surface area contributed by atoms with Crippen molar-refractivity contribution in [3.8, 4) is 0 Å². The smallest absolute Gasteiger partial charge is 0.337 e. The Morgan fingerprint density at radius 1 is 1.43 bits per heavy atom. The van der Waals surface area contributed by atoms with Gasteiger partial charge in [-0.05, 0) is 12.1 Å². The lowest BCUT2D eigenvalue weighted by molar-refractivity contribution is -0.575. The van der Waals surface area contributed by atoms with Crippen LogP contribution >= 0.6 is 0 Å². The third-order valence-corrected chi connectivity index (χ3v) is 1.51. The number of para-hydroxylation sites is 1. The van der Waals surface area contributed by atoms with Gasteiger partial charge in [-0.15, -0.1) is 0 Å². The lowest BCUT2D eigenvalue weighted by Crippen LogP contribution is -2.29. The van der Waals surface area contributed by atoms with Crippen LogP contribution in [0.25, 0.3) is 0 Å². The second kappa shape index (κ2) is 4.22. The predicted octanol–water partition coefficient (Wildman–Crippen LogP) is 0.625. The molecule has 74 valence electrons. The second-order valence-electron chi connectivity index (χ2n) is 2.59. The number of hydrogen-bond acceptors (Lipinski definition) is 3. The van der Waals surface area contributed by atoms with Gasteiger partial charge in [-0.2, -0.15) is 0 Å². The van der Waals surface area contributed by atoms with Gasteiger partial charge in [-0.3, -0.25) is 0 Å². The Hall–Kier alpha value is -2.11. The molecule has 3 N–H and O–H groups in total. The number of rotatable bonds is 4. The largest absolute Gasteiger partial charge is 0.478 e. The number of hydrogen-bond donors (Lipinski definition) is 3. The monoisotopic (exact) mass is 196 g/mol. The highest BCUT2D eigenvalue weighted by molar-refractivity contribution is 5.93. The fraction of sp³-hybridized carbons (Fsp3) is 0.125. The van der Waals surface area contributed by atoms with Crippen molar-refractivity contribution in [2.45, 2.75) is 0 Å². The fourth-order valence-corrected chi connectivity index (χ4v) is 0.918. The van der Waals surface area contributed by atoms with Crippen LogP contribution in [0.1, 0.15) is 10.4 Å². The van der Waals surface area contributed by atoms with E-state index in [1.807, 2.05) is 0 Å². The summed E-state index contributed by atoms with van der Waals surface area (Å²) in [5.74, 6) is -1.05. The predicted molar refractivity (Wildman–Crippen MR) is 49.7 cm³/mol. The summed E-state index contributed by atoms with van der Waals surface area (Å²) in [7, 11) is 1.25. The molecule has 1 aromatic rings. The van der Waals surface area contributed by atoms with Crippen LogP contribution in [0.15, 0.2) is 24.3 Å². The molecule has 14 heavy (non-hydrogen) atoms. The van der Waals surface area contributed by atoms with Crippen molar-refractivity contribution in [2.24, 2.45) is 0 Å². The number of anilines is 1. The van der Waals surface area contributed by atoms with E-state index in [1.165, 1.54) is 13.1 Å². The lowest BCUT2D eigenvalue weighted by Gasteiger charge is -2.04. The number of aromatic carboxylic acids is 1. The van der Waals surface area contributed by atoms with Crippen LogP contribution in [0.3, 0.4) is 0 Å². The van der Waals surface area contributed by atoms with Gasteiger partial charge < -0.3 is 5.11 Å². The lowest BCUT2D eigenvalue weighted by atomic mass is 10.2. The average molecular weight is 196 g/mol. The van der Waals surface area contributed by atoms with E-state index in [-0.39, 0.29) is 5.56 Å². The Labute approximate surface area is 80.1 Å². The molecule has 0 spiro atoms. The third-order valence-electron chi connectivity index (χ3n) is 1.51. The first kappa shape index (κ1) is 9.97. The van der Waals surface area contributed by atoms with Crippen molar-refractivity contribution in [2.75, 3.05) is 12.5 Å². The Morgan fingerprint density at radius 2 is 2.07 bits per heavy atom. The molecular formula is C8H10N3O3+. The Bertz CT molecular complexity index is 365. The van der Waals surface area contributed by atoms with Gasteiger partial charge in [0.05, 0.1) is 16.2 Å². The Morgan fingerprint density at radius 3 is 2.64 bits per heavy atom. The molecule has 0 saturated heterocycles.